The van der Waals surface area contributed by atoms with E-state index in [1.807, 2.05) is 6.07 Å². The third kappa shape index (κ3) is 1.17. The summed E-state index contributed by atoms with van der Waals surface area (Å²) in [4.78, 5) is 0. The number of alkyl halides is 1. The van der Waals surface area contributed by atoms with E-state index in [0.29, 0.717) is 3.92 Å². The maximum Gasteiger partial charge on any atom is 0.126 e. The van der Waals surface area contributed by atoms with Crippen LogP contribution in [0.1, 0.15) is 21.5 Å². The lowest BCUT2D eigenvalue weighted by atomic mass is 10.1. The van der Waals surface area contributed by atoms with Crippen molar-refractivity contribution < 1.29 is 4.39 Å². The van der Waals surface area contributed by atoms with Gasteiger partial charge in [-0.05, 0) is 30.0 Å². The minimum atomic E-state index is -0.0262. The molecule has 1 aromatic rings. The van der Waals surface area contributed by atoms with Crippen LogP contribution in [0.25, 0.3) is 0 Å². The number of hydrogen-bond acceptors (Lipinski definition) is 0. The molecule has 2 rings (SSSR count). The predicted molar refractivity (Wildman–Crippen MR) is 51.5 cm³/mol. The summed E-state index contributed by atoms with van der Waals surface area (Å²) >= 11 is 2.37. The first-order valence-electron chi connectivity index (χ1n) is 3.70. The second-order valence-corrected chi connectivity index (χ2v) is 4.32. The Kier molecular flexibility index (Phi) is 1.87. The van der Waals surface area contributed by atoms with E-state index in [4.69, 9.17) is 0 Å². The molecule has 0 N–H and O–H groups in total. The Morgan fingerprint density at radius 3 is 3.00 bits per heavy atom. The molecule has 1 aromatic carbocycles. The lowest BCUT2D eigenvalue weighted by molar-refractivity contribution is 0.613. The molecule has 1 aliphatic carbocycles. The van der Waals surface area contributed by atoms with Crippen molar-refractivity contribution in [2.24, 2.45) is 0 Å². The molecular formula is C9H8FI. The third-order valence-corrected chi connectivity index (χ3v) is 3.43. The van der Waals surface area contributed by atoms with E-state index in [2.05, 4.69) is 22.6 Å². The van der Waals surface area contributed by atoms with Crippen LogP contribution in [0.4, 0.5) is 4.39 Å². The molecule has 0 radical (unpaired) electrons. The van der Waals surface area contributed by atoms with Crippen LogP contribution in [0.3, 0.4) is 0 Å². The van der Waals surface area contributed by atoms with E-state index in [-0.39, 0.29) is 5.82 Å². The molecule has 0 unspecified atom stereocenters. The van der Waals surface area contributed by atoms with Gasteiger partial charge >= 0.3 is 0 Å². The van der Waals surface area contributed by atoms with E-state index in [1.165, 1.54) is 5.56 Å². The molecule has 11 heavy (non-hydrogen) atoms. The van der Waals surface area contributed by atoms with Gasteiger partial charge in [0.2, 0.25) is 0 Å². The van der Waals surface area contributed by atoms with Crippen molar-refractivity contribution in [3.05, 3.63) is 35.1 Å². The minimum absolute atomic E-state index is 0.0262. The van der Waals surface area contributed by atoms with Gasteiger partial charge in [0.05, 0.1) is 0 Å². The summed E-state index contributed by atoms with van der Waals surface area (Å²) in [5, 5.41) is 0. The fourth-order valence-corrected chi connectivity index (χ4v) is 2.45. The molecule has 0 aromatic heterocycles. The summed E-state index contributed by atoms with van der Waals surface area (Å²) in [5.41, 5.74) is 2.14. The SMILES string of the molecule is Fc1cccc2c1CC[C@H]2I. The Morgan fingerprint density at radius 1 is 1.45 bits per heavy atom. The molecule has 0 amide bonds. The second kappa shape index (κ2) is 2.73. The van der Waals surface area contributed by atoms with Gasteiger partial charge in [0.15, 0.2) is 0 Å². The maximum atomic E-state index is 13.1. The monoisotopic (exact) mass is 262 g/mol. The van der Waals surface area contributed by atoms with Crippen molar-refractivity contribution in [1.29, 1.82) is 0 Å². The average molecular weight is 262 g/mol. The first kappa shape index (κ1) is 7.53. The van der Waals surface area contributed by atoms with E-state index >= 15 is 0 Å². The average Bonchev–Trinajstić information content (AvgIpc) is 2.35. The van der Waals surface area contributed by atoms with Gasteiger partial charge in [0.1, 0.15) is 5.82 Å². The summed E-state index contributed by atoms with van der Waals surface area (Å²) in [7, 11) is 0. The van der Waals surface area contributed by atoms with Crippen LogP contribution in [-0.4, -0.2) is 0 Å². The minimum Gasteiger partial charge on any atom is -0.207 e. The standard InChI is InChI=1S/C9H8FI/c10-8-3-1-2-7-6(8)4-5-9(7)11/h1-3,9H,4-5H2/t9-/m1/s1. The Balaban J connectivity index is 2.57. The lowest BCUT2D eigenvalue weighted by Gasteiger charge is -2.01. The maximum absolute atomic E-state index is 13.1. The van der Waals surface area contributed by atoms with Gasteiger partial charge in [-0.25, -0.2) is 4.39 Å². The summed E-state index contributed by atoms with van der Waals surface area (Å²) in [5.74, 6) is -0.0262. The number of rotatable bonds is 0. The number of fused-ring (bicyclic) bond motifs is 1. The molecule has 2 heteroatoms. The number of halogens is 2. The van der Waals surface area contributed by atoms with Crippen LogP contribution in [-0.2, 0) is 6.42 Å². The molecule has 0 aliphatic heterocycles. The van der Waals surface area contributed by atoms with Crippen molar-refractivity contribution in [1.82, 2.24) is 0 Å². The topological polar surface area (TPSA) is 0 Å². The van der Waals surface area contributed by atoms with Crippen molar-refractivity contribution in [3.8, 4) is 0 Å². The summed E-state index contributed by atoms with van der Waals surface area (Å²) in [6.45, 7) is 0. The molecule has 1 aliphatic rings. The van der Waals surface area contributed by atoms with Crippen molar-refractivity contribution in [2.75, 3.05) is 0 Å². The van der Waals surface area contributed by atoms with Crippen LogP contribution in [0, 0.1) is 5.82 Å². The summed E-state index contributed by atoms with van der Waals surface area (Å²) in [6, 6.07) is 5.38. The molecule has 0 nitrogen and oxygen atoms in total. The number of hydrogen-bond donors (Lipinski definition) is 0. The van der Waals surface area contributed by atoms with Crippen LogP contribution in [0.2, 0.25) is 0 Å². The molecule has 0 saturated carbocycles. The molecule has 0 fully saturated rings. The normalized spacial score (nSPS) is 21.8. The van der Waals surface area contributed by atoms with Crippen LogP contribution in [0.5, 0.6) is 0 Å². The molecule has 0 heterocycles. The highest BCUT2D eigenvalue weighted by Gasteiger charge is 2.21. The molecule has 0 spiro atoms. The Hall–Kier alpha value is -0.120. The third-order valence-electron chi connectivity index (χ3n) is 2.14. The Bertz CT molecular complexity index is 283. The fourth-order valence-electron chi connectivity index (χ4n) is 1.56. The zero-order valence-electron chi connectivity index (χ0n) is 5.98. The van der Waals surface area contributed by atoms with E-state index in [0.717, 1.165) is 18.4 Å². The van der Waals surface area contributed by atoms with Crippen molar-refractivity contribution in [2.45, 2.75) is 16.8 Å². The predicted octanol–water partition coefficient (Wildman–Crippen LogP) is 3.25. The highest BCUT2D eigenvalue weighted by atomic mass is 127. The van der Waals surface area contributed by atoms with E-state index < -0.39 is 0 Å². The van der Waals surface area contributed by atoms with Gasteiger partial charge in [-0.2, -0.15) is 0 Å². The van der Waals surface area contributed by atoms with Crippen molar-refractivity contribution >= 4 is 22.6 Å². The molecule has 58 valence electrons. The fraction of sp³-hybridized carbons (Fsp3) is 0.333. The first-order chi connectivity index (χ1) is 5.29. The van der Waals surface area contributed by atoms with Gasteiger partial charge in [0, 0.05) is 3.92 Å². The molecule has 0 bridgehead atoms. The van der Waals surface area contributed by atoms with Crippen LogP contribution >= 0.6 is 22.6 Å². The van der Waals surface area contributed by atoms with E-state index in [1.54, 1.807) is 12.1 Å². The van der Waals surface area contributed by atoms with Gasteiger partial charge in [-0.15, -0.1) is 0 Å². The molecular weight excluding hydrogens is 254 g/mol. The van der Waals surface area contributed by atoms with Crippen LogP contribution in [0.15, 0.2) is 18.2 Å². The summed E-state index contributed by atoms with van der Waals surface area (Å²) in [6.07, 6.45) is 2.01. The highest BCUT2D eigenvalue weighted by Crippen LogP contribution is 2.38. The van der Waals surface area contributed by atoms with E-state index in [9.17, 15) is 4.39 Å². The van der Waals surface area contributed by atoms with Crippen LogP contribution < -0.4 is 0 Å². The van der Waals surface area contributed by atoms with Crippen molar-refractivity contribution in [3.63, 3.8) is 0 Å². The second-order valence-electron chi connectivity index (χ2n) is 2.81. The molecule has 0 saturated heterocycles. The Morgan fingerprint density at radius 2 is 2.27 bits per heavy atom. The Labute approximate surface area is 78.9 Å². The largest absolute Gasteiger partial charge is 0.207 e. The highest BCUT2D eigenvalue weighted by molar-refractivity contribution is 14.1. The summed E-state index contributed by atoms with van der Waals surface area (Å²) < 4.78 is 13.6. The van der Waals surface area contributed by atoms with Gasteiger partial charge in [-0.1, -0.05) is 34.7 Å². The first-order valence-corrected chi connectivity index (χ1v) is 4.95. The zero-order valence-corrected chi connectivity index (χ0v) is 8.14. The van der Waals surface area contributed by atoms with Gasteiger partial charge in [-0.3, -0.25) is 0 Å². The van der Waals surface area contributed by atoms with Gasteiger partial charge in [0.25, 0.3) is 0 Å². The zero-order chi connectivity index (χ0) is 7.84. The number of benzene rings is 1. The lowest BCUT2D eigenvalue weighted by Crippen LogP contribution is -1.87. The quantitative estimate of drug-likeness (QED) is 0.497. The molecule has 1 atom stereocenters. The van der Waals surface area contributed by atoms with Gasteiger partial charge < -0.3 is 0 Å². The smallest absolute Gasteiger partial charge is 0.126 e.